The Kier molecular flexibility index (Phi) is 6.61. The van der Waals surface area contributed by atoms with Gasteiger partial charge in [0.05, 0.1) is 0 Å². The van der Waals surface area contributed by atoms with Gasteiger partial charge in [0.1, 0.15) is 0 Å². The third-order valence-corrected chi connectivity index (χ3v) is 4.49. The van der Waals surface area contributed by atoms with Gasteiger partial charge in [0, 0.05) is 0 Å². The van der Waals surface area contributed by atoms with E-state index >= 15 is 0 Å². The summed E-state index contributed by atoms with van der Waals surface area (Å²) >= 11 is 0. The molecule has 0 atom stereocenters. The fraction of sp³-hybridized carbons (Fsp3) is 0.778. The third kappa shape index (κ3) is 5.00. The molecule has 2 rings (SSSR count). The van der Waals surface area contributed by atoms with Crippen molar-refractivity contribution in [2.45, 2.75) is 89.9 Å². The first-order valence-electron chi connectivity index (χ1n) is 8.35. The van der Waals surface area contributed by atoms with Crippen LogP contribution in [0.2, 0.25) is 0 Å². The minimum Gasteiger partial charge on any atom is -0.0811 e. The summed E-state index contributed by atoms with van der Waals surface area (Å²) in [7, 11) is 0. The molecule has 0 aromatic rings. The van der Waals surface area contributed by atoms with Gasteiger partial charge in [0.15, 0.2) is 0 Å². The first-order chi connectivity index (χ1) is 8.97. The minimum absolute atomic E-state index is 1.33. The van der Waals surface area contributed by atoms with Gasteiger partial charge in [-0.2, -0.15) is 0 Å². The summed E-state index contributed by atoms with van der Waals surface area (Å²) in [6.07, 6.45) is 24.9. The molecule has 0 fully saturated rings. The lowest BCUT2D eigenvalue weighted by Gasteiger charge is -2.12. The van der Waals surface area contributed by atoms with Gasteiger partial charge in [-0.3, -0.25) is 0 Å². The van der Waals surface area contributed by atoms with E-state index in [4.69, 9.17) is 0 Å². The maximum atomic E-state index is 2.58. The second-order valence-electron chi connectivity index (χ2n) is 6.07. The molecule has 0 heterocycles. The summed E-state index contributed by atoms with van der Waals surface area (Å²) < 4.78 is 0. The zero-order valence-corrected chi connectivity index (χ0v) is 12.1. The fourth-order valence-corrected chi connectivity index (χ4v) is 3.32. The van der Waals surface area contributed by atoms with Crippen molar-refractivity contribution >= 4 is 0 Å². The Balaban J connectivity index is 1.99. The van der Waals surface area contributed by atoms with Gasteiger partial charge in [-0.25, -0.2) is 0 Å². The standard InChI is InChI=1S/C18H30/c1-2-6-10-14-17(13-9-5-1)18-15-11-7-3-4-8-12-16-18/h13,15H,1-12,14,16H2/b17-13-,18-15+. The molecule has 2 aliphatic carbocycles. The van der Waals surface area contributed by atoms with Gasteiger partial charge >= 0.3 is 0 Å². The molecule has 0 aromatic heterocycles. The Morgan fingerprint density at radius 2 is 0.833 bits per heavy atom. The van der Waals surface area contributed by atoms with E-state index in [1.165, 1.54) is 89.9 Å². The summed E-state index contributed by atoms with van der Waals surface area (Å²) in [5.41, 5.74) is 3.44. The maximum absolute atomic E-state index is 2.58. The highest BCUT2D eigenvalue weighted by Gasteiger charge is 2.08. The average Bonchev–Trinajstić information content (AvgIpc) is 2.61. The van der Waals surface area contributed by atoms with Gasteiger partial charge in [-0.1, -0.05) is 50.7 Å². The zero-order chi connectivity index (χ0) is 12.5. The molecule has 102 valence electrons. The van der Waals surface area contributed by atoms with Crippen molar-refractivity contribution in [3.05, 3.63) is 23.3 Å². The Labute approximate surface area is 114 Å². The van der Waals surface area contributed by atoms with Crippen molar-refractivity contribution in [3.8, 4) is 0 Å². The van der Waals surface area contributed by atoms with Crippen LogP contribution in [-0.2, 0) is 0 Å². The molecule has 0 radical (unpaired) electrons. The summed E-state index contributed by atoms with van der Waals surface area (Å²) in [6, 6.07) is 0. The van der Waals surface area contributed by atoms with Gasteiger partial charge in [0.2, 0.25) is 0 Å². The molecule has 0 saturated heterocycles. The maximum Gasteiger partial charge on any atom is -0.0279 e. The Morgan fingerprint density at radius 1 is 0.444 bits per heavy atom. The number of rotatable bonds is 1. The molecule has 0 aliphatic heterocycles. The van der Waals surface area contributed by atoms with Crippen LogP contribution < -0.4 is 0 Å². The normalized spacial score (nSPS) is 30.2. The highest BCUT2D eigenvalue weighted by atomic mass is 14.1. The van der Waals surface area contributed by atoms with Gasteiger partial charge in [-0.05, 0) is 62.5 Å². The molecule has 0 nitrogen and oxygen atoms in total. The van der Waals surface area contributed by atoms with E-state index in [0.717, 1.165) is 0 Å². The van der Waals surface area contributed by atoms with E-state index < -0.39 is 0 Å². The number of allylic oxidation sites excluding steroid dienone is 4. The van der Waals surface area contributed by atoms with Gasteiger partial charge < -0.3 is 0 Å². The molecule has 0 N–H and O–H groups in total. The lowest BCUT2D eigenvalue weighted by Crippen LogP contribution is -1.92. The van der Waals surface area contributed by atoms with Crippen molar-refractivity contribution in [1.82, 2.24) is 0 Å². The molecule has 0 heteroatoms. The van der Waals surface area contributed by atoms with E-state index in [2.05, 4.69) is 12.2 Å². The average molecular weight is 246 g/mol. The lowest BCUT2D eigenvalue weighted by atomic mass is 9.94. The van der Waals surface area contributed by atoms with Crippen LogP contribution >= 0.6 is 0 Å². The third-order valence-electron chi connectivity index (χ3n) is 4.49. The van der Waals surface area contributed by atoms with Crippen LogP contribution in [0.4, 0.5) is 0 Å². The van der Waals surface area contributed by atoms with Crippen LogP contribution in [0.3, 0.4) is 0 Å². The van der Waals surface area contributed by atoms with Crippen molar-refractivity contribution in [1.29, 1.82) is 0 Å². The van der Waals surface area contributed by atoms with Crippen LogP contribution in [0, 0.1) is 0 Å². The molecule has 0 aromatic carbocycles. The topological polar surface area (TPSA) is 0 Å². The highest BCUT2D eigenvalue weighted by Crippen LogP contribution is 2.28. The largest absolute Gasteiger partial charge is 0.0811 e. The monoisotopic (exact) mass is 246 g/mol. The van der Waals surface area contributed by atoms with E-state index in [1.54, 1.807) is 11.1 Å². The molecule has 0 amide bonds. The van der Waals surface area contributed by atoms with Crippen LogP contribution in [0.25, 0.3) is 0 Å². The van der Waals surface area contributed by atoms with Gasteiger partial charge in [0.25, 0.3) is 0 Å². The predicted octanol–water partition coefficient (Wildman–Crippen LogP) is 6.33. The molecule has 0 spiro atoms. The molecule has 0 bridgehead atoms. The van der Waals surface area contributed by atoms with E-state index in [9.17, 15) is 0 Å². The molecule has 0 saturated carbocycles. The van der Waals surface area contributed by atoms with Crippen LogP contribution in [0.1, 0.15) is 89.9 Å². The first-order valence-corrected chi connectivity index (χ1v) is 8.35. The first kappa shape index (κ1) is 13.9. The van der Waals surface area contributed by atoms with E-state index in [1.807, 2.05) is 0 Å². The summed E-state index contributed by atoms with van der Waals surface area (Å²) in [4.78, 5) is 0. The zero-order valence-electron chi connectivity index (χ0n) is 12.1. The number of hydrogen-bond donors (Lipinski definition) is 0. The lowest BCUT2D eigenvalue weighted by molar-refractivity contribution is 0.623. The summed E-state index contributed by atoms with van der Waals surface area (Å²) in [5.74, 6) is 0. The van der Waals surface area contributed by atoms with Crippen molar-refractivity contribution < 1.29 is 0 Å². The Morgan fingerprint density at radius 3 is 1.33 bits per heavy atom. The van der Waals surface area contributed by atoms with Crippen molar-refractivity contribution in [2.75, 3.05) is 0 Å². The van der Waals surface area contributed by atoms with Crippen molar-refractivity contribution in [2.24, 2.45) is 0 Å². The van der Waals surface area contributed by atoms with Crippen LogP contribution in [0.5, 0.6) is 0 Å². The molecule has 2 aliphatic rings. The predicted molar refractivity (Wildman–Crippen MR) is 80.8 cm³/mol. The number of hydrogen-bond acceptors (Lipinski definition) is 0. The van der Waals surface area contributed by atoms with Crippen LogP contribution in [0.15, 0.2) is 23.3 Å². The second kappa shape index (κ2) is 8.56. The Hall–Kier alpha value is -0.520. The van der Waals surface area contributed by atoms with Gasteiger partial charge in [-0.15, -0.1) is 0 Å². The fourth-order valence-electron chi connectivity index (χ4n) is 3.32. The molecular formula is C18H30. The van der Waals surface area contributed by atoms with Crippen molar-refractivity contribution in [3.63, 3.8) is 0 Å². The van der Waals surface area contributed by atoms with E-state index in [-0.39, 0.29) is 0 Å². The molecule has 0 unspecified atom stereocenters. The quantitative estimate of drug-likeness (QED) is 0.507. The van der Waals surface area contributed by atoms with E-state index in [0.29, 0.717) is 0 Å². The summed E-state index contributed by atoms with van der Waals surface area (Å²) in [6.45, 7) is 0. The minimum atomic E-state index is 1.33. The molecule has 18 heavy (non-hydrogen) atoms. The smallest absolute Gasteiger partial charge is 0.0279 e. The van der Waals surface area contributed by atoms with Crippen LogP contribution in [-0.4, -0.2) is 0 Å². The highest BCUT2D eigenvalue weighted by molar-refractivity contribution is 5.31. The SMILES string of the molecule is C1=C(\C2=C\CCCCCCC2)CCCCCCC/1. The molecular weight excluding hydrogens is 216 g/mol. The second-order valence-corrected chi connectivity index (χ2v) is 6.07. The summed E-state index contributed by atoms with van der Waals surface area (Å²) in [5, 5.41) is 0. The Bertz CT molecular complexity index is 252.